The fourth-order valence-corrected chi connectivity index (χ4v) is 4.60. The number of fused-ring (bicyclic) bond motifs is 1. The van der Waals surface area contributed by atoms with Gasteiger partial charge >= 0.3 is 0 Å². The van der Waals surface area contributed by atoms with Crippen molar-refractivity contribution in [3.8, 4) is 22.6 Å². The standard InChI is InChI=1S/C25H29N7O3/c1-15(24(27)33)31-9-7-17(8-10-31)32-13-19(21(30-32)14-34-2)16-11-18(23(26)28-12-16)25-29-20-5-3-4-6-22(20)35-25/h3-6,11-13,15,17H,7-10,14H2,1-2H3,(H2,26,28)(H2,27,33). The number of carbonyl (C=O) groups excluding carboxylic acids is 1. The molecule has 10 nitrogen and oxygen atoms in total. The predicted molar refractivity (Wildman–Crippen MR) is 132 cm³/mol. The summed E-state index contributed by atoms with van der Waals surface area (Å²) in [4.78, 5) is 22.7. The van der Waals surface area contributed by atoms with Gasteiger partial charge in [-0.05, 0) is 38.0 Å². The second-order valence-corrected chi connectivity index (χ2v) is 8.89. The summed E-state index contributed by atoms with van der Waals surface area (Å²) in [5.41, 5.74) is 16.4. The zero-order valence-corrected chi connectivity index (χ0v) is 19.8. The van der Waals surface area contributed by atoms with Crippen LogP contribution < -0.4 is 11.5 Å². The Hall–Kier alpha value is -3.76. The van der Waals surface area contributed by atoms with Gasteiger partial charge in [-0.3, -0.25) is 14.4 Å². The number of nitrogens with zero attached hydrogens (tertiary/aromatic N) is 5. The van der Waals surface area contributed by atoms with Crippen LogP contribution in [0.2, 0.25) is 0 Å². The molecule has 1 aliphatic heterocycles. The van der Waals surface area contributed by atoms with Crippen molar-refractivity contribution < 1.29 is 13.9 Å². The molecule has 3 aromatic heterocycles. The molecule has 1 unspecified atom stereocenters. The number of anilines is 1. The molecule has 1 aliphatic rings. The Morgan fingerprint density at radius 3 is 2.74 bits per heavy atom. The van der Waals surface area contributed by atoms with Crippen molar-refractivity contribution in [3.05, 3.63) is 48.4 Å². The minimum absolute atomic E-state index is 0.217. The Balaban J connectivity index is 1.45. The van der Waals surface area contributed by atoms with Crippen molar-refractivity contribution in [2.45, 2.75) is 38.5 Å². The van der Waals surface area contributed by atoms with Crippen LogP contribution >= 0.6 is 0 Å². The minimum atomic E-state index is -0.294. The van der Waals surface area contributed by atoms with E-state index in [9.17, 15) is 4.79 Å². The summed E-state index contributed by atoms with van der Waals surface area (Å²) in [5.74, 6) is 0.476. The number of carbonyl (C=O) groups is 1. The zero-order chi connectivity index (χ0) is 24.5. The van der Waals surface area contributed by atoms with E-state index in [1.165, 1.54) is 0 Å². The van der Waals surface area contributed by atoms with Crippen molar-refractivity contribution in [3.63, 3.8) is 0 Å². The molecular weight excluding hydrogens is 446 g/mol. The molecule has 5 rings (SSSR count). The Kier molecular flexibility index (Phi) is 6.23. The largest absolute Gasteiger partial charge is 0.436 e. The molecule has 4 heterocycles. The summed E-state index contributed by atoms with van der Waals surface area (Å²) in [5, 5.41) is 4.85. The van der Waals surface area contributed by atoms with Gasteiger partial charge in [-0.15, -0.1) is 0 Å². The Morgan fingerprint density at radius 2 is 2.03 bits per heavy atom. The lowest BCUT2D eigenvalue weighted by atomic mass is 10.0. The highest BCUT2D eigenvalue weighted by molar-refractivity contribution is 5.81. The van der Waals surface area contributed by atoms with E-state index in [0.717, 1.165) is 48.3 Å². The number of rotatable bonds is 7. The van der Waals surface area contributed by atoms with Crippen LogP contribution in [0.4, 0.5) is 5.82 Å². The fourth-order valence-electron chi connectivity index (χ4n) is 4.60. The topological polar surface area (TPSA) is 138 Å². The number of oxazole rings is 1. The quantitative estimate of drug-likeness (QED) is 0.416. The SMILES string of the molecule is COCc1nn(C2CCN(C(C)C(N)=O)CC2)cc1-c1cnc(N)c(-c2nc3ccccc3o2)c1. The summed E-state index contributed by atoms with van der Waals surface area (Å²) in [6.45, 7) is 3.79. The number of pyridine rings is 1. The number of primary amides is 1. The zero-order valence-electron chi connectivity index (χ0n) is 19.8. The monoisotopic (exact) mass is 475 g/mol. The molecule has 0 radical (unpaired) electrons. The van der Waals surface area contributed by atoms with E-state index in [1.54, 1.807) is 13.3 Å². The predicted octanol–water partition coefficient (Wildman–Crippen LogP) is 2.99. The van der Waals surface area contributed by atoms with Crippen LogP contribution in [0.25, 0.3) is 33.7 Å². The Bertz CT molecular complexity index is 1320. The number of ether oxygens (including phenoxy) is 1. The third-order valence-corrected chi connectivity index (χ3v) is 6.68. The number of nitrogens with two attached hydrogens (primary N) is 2. The average Bonchev–Trinajstić information content (AvgIpc) is 3.49. The number of para-hydroxylation sites is 2. The third-order valence-electron chi connectivity index (χ3n) is 6.68. The highest BCUT2D eigenvalue weighted by Crippen LogP contribution is 2.34. The number of hydrogen-bond acceptors (Lipinski definition) is 8. The Labute approximate surface area is 202 Å². The van der Waals surface area contributed by atoms with Crippen molar-refractivity contribution in [2.75, 3.05) is 25.9 Å². The van der Waals surface area contributed by atoms with E-state index in [2.05, 4.69) is 14.9 Å². The van der Waals surface area contributed by atoms with Crippen molar-refractivity contribution in [2.24, 2.45) is 5.73 Å². The van der Waals surface area contributed by atoms with E-state index in [4.69, 9.17) is 25.7 Å². The van der Waals surface area contributed by atoms with Crippen molar-refractivity contribution in [1.82, 2.24) is 24.6 Å². The van der Waals surface area contributed by atoms with E-state index in [1.807, 2.05) is 48.1 Å². The van der Waals surface area contributed by atoms with Crippen LogP contribution in [-0.4, -0.2) is 56.8 Å². The smallest absolute Gasteiger partial charge is 0.234 e. The first-order valence-corrected chi connectivity index (χ1v) is 11.7. The highest BCUT2D eigenvalue weighted by Gasteiger charge is 2.27. The van der Waals surface area contributed by atoms with E-state index >= 15 is 0 Å². The van der Waals surface area contributed by atoms with Gasteiger partial charge in [-0.2, -0.15) is 5.10 Å². The maximum Gasteiger partial charge on any atom is 0.234 e. The summed E-state index contributed by atoms with van der Waals surface area (Å²) in [6.07, 6.45) is 5.52. The van der Waals surface area contributed by atoms with Crippen LogP contribution in [0.3, 0.4) is 0 Å². The molecule has 0 aliphatic carbocycles. The van der Waals surface area contributed by atoms with Gasteiger partial charge in [0.25, 0.3) is 0 Å². The van der Waals surface area contributed by atoms with Crippen LogP contribution in [0.5, 0.6) is 0 Å². The van der Waals surface area contributed by atoms with Crippen molar-refractivity contribution >= 4 is 22.8 Å². The number of aromatic nitrogens is 4. The normalized spacial score (nSPS) is 16.1. The highest BCUT2D eigenvalue weighted by atomic mass is 16.5. The number of methoxy groups -OCH3 is 1. The number of hydrogen-bond donors (Lipinski definition) is 2. The second kappa shape index (κ2) is 9.47. The van der Waals surface area contributed by atoms with E-state index in [0.29, 0.717) is 29.5 Å². The maximum absolute atomic E-state index is 11.6. The molecule has 35 heavy (non-hydrogen) atoms. The first-order valence-electron chi connectivity index (χ1n) is 11.7. The average molecular weight is 476 g/mol. The van der Waals surface area contributed by atoms with Gasteiger partial charge < -0.3 is 20.6 Å². The summed E-state index contributed by atoms with van der Waals surface area (Å²) in [6, 6.07) is 9.47. The summed E-state index contributed by atoms with van der Waals surface area (Å²) < 4.78 is 13.4. The Morgan fingerprint density at radius 1 is 1.26 bits per heavy atom. The molecule has 1 saturated heterocycles. The molecule has 1 aromatic carbocycles. The molecule has 4 aromatic rings. The lowest BCUT2D eigenvalue weighted by Crippen LogP contribution is -2.46. The van der Waals surface area contributed by atoms with Gasteiger partial charge in [0.05, 0.1) is 29.9 Å². The fraction of sp³-hybridized carbons (Fsp3) is 0.360. The summed E-state index contributed by atoms with van der Waals surface area (Å²) >= 11 is 0. The first kappa shape index (κ1) is 23.0. The van der Waals surface area contributed by atoms with Gasteiger partial charge in [0.2, 0.25) is 11.8 Å². The molecule has 0 saturated carbocycles. The van der Waals surface area contributed by atoms with Gasteiger partial charge in [-0.1, -0.05) is 12.1 Å². The molecule has 10 heteroatoms. The number of likely N-dealkylation sites (tertiary alicyclic amines) is 1. The molecule has 0 spiro atoms. The lowest BCUT2D eigenvalue weighted by molar-refractivity contribution is -0.123. The number of piperidine rings is 1. The molecule has 1 fully saturated rings. The molecular formula is C25H29N7O3. The van der Waals surface area contributed by atoms with Gasteiger partial charge in [0.1, 0.15) is 11.3 Å². The molecule has 0 bridgehead atoms. The number of benzene rings is 1. The van der Waals surface area contributed by atoms with Crippen LogP contribution in [0.15, 0.2) is 47.1 Å². The first-order chi connectivity index (χ1) is 16.9. The van der Waals surface area contributed by atoms with Gasteiger partial charge in [0.15, 0.2) is 5.58 Å². The number of nitrogen functional groups attached to an aromatic ring is 1. The van der Waals surface area contributed by atoms with Crippen LogP contribution in [0.1, 0.15) is 31.5 Å². The molecule has 4 N–H and O–H groups in total. The minimum Gasteiger partial charge on any atom is -0.436 e. The second-order valence-electron chi connectivity index (χ2n) is 8.89. The van der Waals surface area contributed by atoms with E-state index in [-0.39, 0.29) is 18.0 Å². The summed E-state index contributed by atoms with van der Waals surface area (Å²) in [7, 11) is 1.65. The van der Waals surface area contributed by atoms with Crippen molar-refractivity contribution in [1.29, 1.82) is 0 Å². The molecule has 182 valence electrons. The maximum atomic E-state index is 11.6. The van der Waals surface area contributed by atoms with Crippen LogP contribution in [-0.2, 0) is 16.1 Å². The number of amides is 1. The van der Waals surface area contributed by atoms with Gasteiger partial charge in [0, 0.05) is 43.7 Å². The molecule has 1 amide bonds. The van der Waals surface area contributed by atoms with E-state index < -0.39 is 0 Å². The third kappa shape index (κ3) is 4.50. The lowest BCUT2D eigenvalue weighted by Gasteiger charge is -2.34. The van der Waals surface area contributed by atoms with Gasteiger partial charge in [-0.25, -0.2) is 9.97 Å². The van der Waals surface area contributed by atoms with Crippen LogP contribution in [0, 0.1) is 0 Å². The molecule has 1 atom stereocenters.